The maximum Gasteiger partial charge on any atom is 0.237 e. The number of nitriles is 1. The Bertz CT molecular complexity index is 309. The van der Waals surface area contributed by atoms with Gasteiger partial charge in [0.05, 0.1) is 12.1 Å². The Morgan fingerprint density at radius 3 is 2.94 bits per heavy atom. The monoisotopic (exact) mass is 249 g/mol. The normalized spacial score (nSPS) is 30.5. The molecule has 4 nitrogen and oxygen atoms in total. The summed E-state index contributed by atoms with van der Waals surface area (Å²) in [6, 6.07) is 2.72. The summed E-state index contributed by atoms with van der Waals surface area (Å²) < 4.78 is 0. The van der Waals surface area contributed by atoms with Crippen LogP contribution in [0.4, 0.5) is 0 Å². The van der Waals surface area contributed by atoms with E-state index in [9.17, 15) is 4.79 Å². The van der Waals surface area contributed by atoms with Crippen LogP contribution in [0.15, 0.2) is 0 Å². The number of amides is 1. The predicted octanol–water partition coefficient (Wildman–Crippen LogP) is 1.72. The van der Waals surface area contributed by atoms with Gasteiger partial charge in [-0.25, -0.2) is 0 Å². The van der Waals surface area contributed by atoms with Crippen LogP contribution in [0, 0.1) is 17.2 Å². The van der Waals surface area contributed by atoms with E-state index in [4.69, 9.17) is 5.26 Å². The average Bonchev–Trinajstić information content (AvgIpc) is 2.82. The van der Waals surface area contributed by atoms with Crippen LogP contribution < -0.4 is 10.6 Å². The SMILES string of the molecule is N#CCCCCNC(=O)C1CC2CCCCC2N1. The van der Waals surface area contributed by atoms with Gasteiger partial charge in [0.2, 0.25) is 5.91 Å². The largest absolute Gasteiger partial charge is 0.355 e. The zero-order valence-corrected chi connectivity index (χ0v) is 11.0. The minimum atomic E-state index is 0.0223. The van der Waals surface area contributed by atoms with Crippen LogP contribution in [-0.4, -0.2) is 24.5 Å². The van der Waals surface area contributed by atoms with Gasteiger partial charge in [-0.1, -0.05) is 12.8 Å². The number of hydrogen-bond acceptors (Lipinski definition) is 3. The lowest BCUT2D eigenvalue weighted by atomic mass is 9.85. The third-order valence-electron chi connectivity index (χ3n) is 4.19. The van der Waals surface area contributed by atoms with E-state index in [1.54, 1.807) is 0 Å². The molecule has 2 N–H and O–H groups in total. The molecular weight excluding hydrogens is 226 g/mol. The van der Waals surface area contributed by atoms with Gasteiger partial charge in [-0.15, -0.1) is 0 Å². The minimum absolute atomic E-state index is 0.0223. The van der Waals surface area contributed by atoms with Crippen LogP contribution >= 0.6 is 0 Å². The van der Waals surface area contributed by atoms with Crippen molar-refractivity contribution in [2.45, 2.75) is 63.5 Å². The zero-order chi connectivity index (χ0) is 12.8. The van der Waals surface area contributed by atoms with E-state index in [1.165, 1.54) is 25.7 Å². The molecule has 0 aromatic rings. The van der Waals surface area contributed by atoms with Crippen molar-refractivity contribution in [1.82, 2.24) is 10.6 Å². The second kappa shape index (κ2) is 6.75. The van der Waals surface area contributed by atoms with Crippen molar-refractivity contribution in [3.8, 4) is 6.07 Å². The molecule has 1 saturated heterocycles. The van der Waals surface area contributed by atoms with Gasteiger partial charge in [0.25, 0.3) is 0 Å². The van der Waals surface area contributed by atoms with E-state index >= 15 is 0 Å². The highest BCUT2D eigenvalue weighted by atomic mass is 16.2. The van der Waals surface area contributed by atoms with Gasteiger partial charge >= 0.3 is 0 Å². The first-order valence-corrected chi connectivity index (χ1v) is 7.22. The Labute approximate surface area is 109 Å². The van der Waals surface area contributed by atoms with Crippen LogP contribution in [0.25, 0.3) is 0 Å². The third kappa shape index (κ3) is 3.46. The summed E-state index contributed by atoms with van der Waals surface area (Å²) in [6.07, 6.45) is 8.51. The fourth-order valence-corrected chi connectivity index (χ4v) is 3.18. The lowest BCUT2D eigenvalue weighted by molar-refractivity contribution is -0.122. The standard InChI is InChI=1S/C14H23N3O/c15-8-4-1-5-9-16-14(18)13-10-11-6-2-3-7-12(11)17-13/h11-13,17H,1-7,9-10H2,(H,16,18). The molecule has 3 atom stereocenters. The Morgan fingerprint density at radius 2 is 2.17 bits per heavy atom. The number of nitrogens with zero attached hydrogens (tertiary/aromatic N) is 1. The van der Waals surface area contributed by atoms with Gasteiger partial charge in [0, 0.05) is 19.0 Å². The molecule has 0 spiro atoms. The van der Waals surface area contributed by atoms with Gasteiger partial charge in [0.15, 0.2) is 0 Å². The molecule has 1 aliphatic carbocycles. The van der Waals surface area contributed by atoms with Crippen LogP contribution in [0.3, 0.4) is 0 Å². The summed E-state index contributed by atoms with van der Waals surface area (Å²) in [7, 11) is 0. The van der Waals surface area contributed by atoms with Crippen LogP contribution in [0.5, 0.6) is 0 Å². The molecule has 1 amide bonds. The van der Waals surface area contributed by atoms with Gasteiger partial charge in [-0.2, -0.15) is 5.26 Å². The first kappa shape index (κ1) is 13.4. The molecule has 2 rings (SSSR count). The number of fused-ring (bicyclic) bond motifs is 1. The molecular formula is C14H23N3O. The molecule has 100 valence electrons. The molecule has 1 heterocycles. The number of carbonyl (C=O) groups excluding carboxylic acids is 1. The maximum absolute atomic E-state index is 12.0. The summed E-state index contributed by atoms with van der Waals surface area (Å²) in [4.78, 5) is 12.0. The summed E-state index contributed by atoms with van der Waals surface area (Å²) >= 11 is 0. The van der Waals surface area contributed by atoms with Gasteiger partial charge in [0.1, 0.15) is 0 Å². The van der Waals surface area contributed by atoms with Crippen LogP contribution in [-0.2, 0) is 4.79 Å². The van der Waals surface area contributed by atoms with E-state index in [0.717, 1.165) is 19.3 Å². The van der Waals surface area contributed by atoms with Crippen LogP contribution in [0.1, 0.15) is 51.4 Å². The topological polar surface area (TPSA) is 64.9 Å². The van der Waals surface area contributed by atoms with Crippen molar-refractivity contribution in [2.75, 3.05) is 6.54 Å². The van der Waals surface area contributed by atoms with E-state index in [0.29, 0.717) is 24.9 Å². The fraction of sp³-hybridized carbons (Fsp3) is 0.857. The zero-order valence-electron chi connectivity index (χ0n) is 11.0. The highest BCUT2D eigenvalue weighted by Crippen LogP contribution is 2.33. The first-order chi connectivity index (χ1) is 8.81. The van der Waals surface area contributed by atoms with Crippen LogP contribution in [0.2, 0.25) is 0 Å². The first-order valence-electron chi connectivity index (χ1n) is 7.22. The fourth-order valence-electron chi connectivity index (χ4n) is 3.18. The summed E-state index contributed by atoms with van der Waals surface area (Å²) in [5.74, 6) is 0.870. The molecule has 0 bridgehead atoms. The van der Waals surface area contributed by atoms with Crippen molar-refractivity contribution < 1.29 is 4.79 Å². The molecule has 1 saturated carbocycles. The number of hydrogen-bond donors (Lipinski definition) is 2. The molecule has 0 aromatic heterocycles. The molecule has 4 heteroatoms. The molecule has 18 heavy (non-hydrogen) atoms. The van der Waals surface area contributed by atoms with E-state index in [-0.39, 0.29) is 11.9 Å². The molecule has 0 aromatic carbocycles. The van der Waals surface area contributed by atoms with Crippen molar-refractivity contribution in [2.24, 2.45) is 5.92 Å². The lowest BCUT2D eigenvalue weighted by Crippen LogP contribution is -2.43. The lowest BCUT2D eigenvalue weighted by Gasteiger charge is -2.24. The molecule has 1 aliphatic heterocycles. The van der Waals surface area contributed by atoms with E-state index < -0.39 is 0 Å². The highest BCUT2D eigenvalue weighted by Gasteiger charge is 2.37. The Kier molecular flexibility index (Phi) is 5.00. The number of rotatable bonds is 5. The Hall–Kier alpha value is -1.08. The number of carbonyl (C=O) groups is 1. The maximum atomic E-state index is 12.0. The van der Waals surface area contributed by atoms with Gasteiger partial charge in [-0.05, 0) is 38.0 Å². The highest BCUT2D eigenvalue weighted by molar-refractivity contribution is 5.82. The average molecular weight is 249 g/mol. The second-order valence-electron chi connectivity index (χ2n) is 5.51. The quantitative estimate of drug-likeness (QED) is 0.729. The molecule has 2 aliphatic rings. The molecule has 3 unspecified atom stereocenters. The third-order valence-corrected chi connectivity index (χ3v) is 4.19. The Morgan fingerprint density at radius 1 is 1.33 bits per heavy atom. The summed E-state index contributed by atoms with van der Waals surface area (Å²) in [5.41, 5.74) is 0. The van der Waals surface area contributed by atoms with Crippen molar-refractivity contribution in [3.63, 3.8) is 0 Å². The van der Waals surface area contributed by atoms with E-state index in [1.807, 2.05) is 0 Å². The van der Waals surface area contributed by atoms with Crippen molar-refractivity contribution >= 4 is 5.91 Å². The van der Waals surface area contributed by atoms with Crippen molar-refractivity contribution in [1.29, 1.82) is 5.26 Å². The smallest absolute Gasteiger partial charge is 0.237 e. The minimum Gasteiger partial charge on any atom is -0.355 e. The van der Waals surface area contributed by atoms with Gasteiger partial charge < -0.3 is 10.6 Å². The second-order valence-corrected chi connectivity index (χ2v) is 5.51. The van der Waals surface area contributed by atoms with Crippen molar-refractivity contribution in [3.05, 3.63) is 0 Å². The Balaban J connectivity index is 1.66. The number of nitrogens with one attached hydrogen (secondary N) is 2. The predicted molar refractivity (Wildman–Crippen MR) is 69.8 cm³/mol. The molecule has 2 fully saturated rings. The van der Waals surface area contributed by atoms with E-state index in [2.05, 4.69) is 16.7 Å². The summed E-state index contributed by atoms with van der Waals surface area (Å²) in [5, 5.41) is 14.9. The summed E-state index contributed by atoms with van der Waals surface area (Å²) in [6.45, 7) is 0.702. The number of unbranched alkanes of at least 4 members (excludes halogenated alkanes) is 2. The molecule has 0 radical (unpaired) electrons. The van der Waals surface area contributed by atoms with Gasteiger partial charge in [-0.3, -0.25) is 4.79 Å².